The van der Waals surface area contributed by atoms with Gasteiger partial charge in [0.15, 0.2) is 6.61 Å². The Hall–Kier alpha value is -1.14. The first-order chi connectivity index (χ1) is 9.52. The Bertz CT molecular complexity index is 442. The third-order valence-electron chi connectivity index (χ3n) is 2.76. The minimum Gasteiger partial charge on any atom is -0.483 e. The normalized spacial score (nSPS) is 12.0. The Morgan fingerprint density at radius 2 is 2.30 bits per heavy atom. The average Bonchev–Trinajstić information content (AvgIpc) is 2.42. The van der Waals surface area contributed by atoms with E-state index >= 15 is 0 Å². The van der Waals surface area contributed by atoms with E-state index in [2.05, 4.69) is 21.2 Å². The SMILES string of the molecule is CC(CO)CCCNC(=O)COc1ccc(F)cc1Br. The summed E-state index contributed by atoms with van der Waals surface area (Å²) in [7, 11) is 0. The zero-order chi connectivity index (χ0) is 15.0. The molecule has 0 bridgehead atoms. The second-order valence-electron chi connectivity index (χ2n) is 4.64. The van der Waals surface area contributed by atoms with Crippen LogP contribution in [0, 0.1) is 11.7 Å². The maximum Gasteiger partial charge on any atom is 0.257 e. The highest BCUT2D eigenvalue weighted by Crippen LogP contribution is 2.25. The molecule has 0 heterocycles. The number of ether oxygens (including phenoxy) is 1. The second-order valence-corrected chi connectivity index (χ2v) is 5.50. The summed E-state index contributed by atoms with van der Waals surface area (Å²) >= 11 is 3.16. The fraction of sp³-hybridized carbons (Fsp3) is 0.500. The van der Waals surface area contributed by atoms with Gasteiger partial charge in [-0.3, -0.25) is 4.79 Å². The summed E-state index contributed by atoms with van der Waals surface area (Å²) in [4.78, 5) is 11.5. The van der Waals surface area contributed by atoms with Crippen molar-refractivity contribution in [2.45, 2.75) is 19.8 Å². The molecule has 1 rings (SSSR count). The molecule has 0 aliphatic rings. The zero-order valence-corrected chi connectivity index (χ0v) is 13.0. The molecule has 0 saturated carbocycles. The molecule has 0 radical (unpaired) electrons. The Morgan fingerprint density at radius 3 is 2.95 bits per heavy atom. The largest absolute Gasteiger partial charge is 0.483 e. The van der Waals surface area contributed by atoms with Crippen LogP contribution in [0.25, 0.3) is 0 Å². The van der Waals surface area contributed by atoms with Gasteiger partial charge in [0, 0.05) is 13.2 Å². The summed E-state index contributed by atoms with van der Waals surface area (Å²) in [6, 6.07) is 4.02. The lowest BCUT2D eigenvalue weighted by molar-refractivity contribution is -0.123. The Labute approximate surface area is 126 Å². The van der Waals surface area contributed by atoms with Crippen molar-refractivity contribution in [1.29, 1.82) is 0 Å². The minimum absolute atomic E-state index is 0.111. The topological polar surface area (TPSA) is 58.6 Å². The predicted octanol–water partition coefficient (Wildman–Crippen LogP) is 2.49. The summed E-state index contributed by atoms with van der Waals surface area (Å²) in [5, 5.41) is 11.6. The zero-order valence-electron chi connectivity index (χ0n) is 11.4. The quantitative estimate of drug-likeness (QED) is 0.710. The van der Waals surface area contributed by atoms with Crippen LogP contribution in [0.4, 0.5) is 4.39 Å². The molecule has 1 atom stereocenters. The molecule has 0 saturated heterocycles. The first-order valence-corrected chi connectivity index (χ1v) is 7.27. The van der Waals surface area contributed by atoms with Gasteiger partial charge in [-0.15, -0.1) is 0 Å². The first-order valence-electron chi connectivity index (χ1n) is 6.48. The van der Waals surface area contributed by atoms with Gasteiger partial charge in [-0.2, -0.15) is 0 Å². The molecule has 4 nitrogen and oxygen atoms in total. The second kappa shape index (κ2) is 8.92. The molecule has 1 unspecified atom stereocenters. The Balaban J connectivity index is 2.23. The molecule has 1 aromatic carbocycles. The van der Waals surface area contributed by atoms with Gasteiger partial charge < -0.3 is 15.2 Å². The van der Waals surface area contributed by atoms with Crippen LogP contribution in [0.5, 0.6) is 5.75 Å². The third kappa shape index (κ3) is 6.34. The highest BCUT2D eigenvalue weighted by Gasteiger charge is 2.06. The number of nitrogens with one attached hydrogen (secondary N) is 1. The number of carbonyl (C=O) groups excluding carboxylic acids is 1. The summed E-state index contributed by atoms with van der Waals surface area (Å²) in [5.74, 6) is 0.0818. The van der Waals surface area contributed by atoms with Gasteiger partial charge in [0.05, 0.1) is 4.47 Å². The molecule has 0 spiro atoms. The lowest BCUT2D eigenvalue weighted by atomic mass is 10.1. The van der Waals surface area contributed by atoms with E-state index < -0.39 is 0 Å². The molecule has 0 aliphatic carbocycles. The van der Waals surface area contributed by atoms with Gasteiger partial charge in [0.2, 0.25) is 0 Å². The molecule has 20 heavy (non-hydrogen) atoms. The lowest BCUT2D eigenvalue weighted by Crippen LogP contribution is -2.30. The lowest BCUT2D eigenvalue weighted by Gasteiger charge is -2.10. The van der Waals surface area contributed by atoms with Gasteiger partial charge in [-0.25, -0.2) is 4.39 Å². The van der Waals surface area contributed by atoms with Gasteiger partial charge >= 0.3 is 0 Å². The third-order valence-corrected chi connectivity index (χ3v) is 3.38. The van der Waals surface area contributed by atoms with Crippen LogP contribution in [0.2, 0.25) is 0 Å². The van der Waals surface area contributed by atoms with Gasteiger partial charge in [-0.1, -0.05) is 6.92 Å². The van der Waals surface area contributed by atoms with E-state index in [0.29, 0.717) is 16.8 Å². The van der Waals surface area contributed by atoms with Crippen LogP contribution in [0.3, 0.4) is 0 Å². The first kappa shape index (κ1) is 16.9. The van der Waals surface area contributed by atoms with Crippen molar-refractivity contribution < 1.29 is 19.0 Å². The molecule has 0 aliphatic heterocycles. The fourth-order valence-electron chi connectivity index (χ4n) is 1.56. The van der Waals surface area contributed by atoms with Crippen LogP contribution in [-0.2, 0) is 4.79 Å². The van der Waals surface area contributed by atoms with Crippen molar-refractivity contribution in [2.24, 2.45) is 5.92 Å². The Kier molecular flexibility index (Phi) is 7.54. The monoisotopic (exact) mass is 347 g/mol. The molecule has 112 valence electrons. The molecular formula is C14H19BrFNO3. The van der Waals surface area contributed by atoms with Crippen molar-refractivity contribution in [3.8, 4) is 5.75 Å². The number of aliphatic hydroxyl groups excluding tert-OH is 1. The molecule has 1 amide bonds. The highest BCUT2D eigenvalue weighted by molar-refractivity contribution is 9.10. The van der Waals surface area contributed by atoms with Gasteiger partial charge in [-0.05, 0) is 52.9 Å². The molecule has 0 aromatic heterocycles. The molecule has 2 N–H and O–H groups in total. The van der Waals surface area contributed by atoms with E-state index in [-0.39, 0.29) is 30.9 Å². The average molecular weight is 348 g/mol. The van der Waals surface area contributed by atoms with E-state index in [1.165, 1.54) is 18.2 Å². The summed E-state index contributed by atoms with van der Waals surface area (Å²) < 4.78 is 18.6. The van der Waals surface area contributed by atoms with E-state index in [9.17, 15) is 9.18 Å². The standard InChI is InChI=1S/C14H19BrFNO3/c1-10(8-18)3-2-6-17-14(19)9-20-13-5-4-11(16)7-12(13)15/h4-5,7,10,18H,2-3,6,8-9H2,1H3,(H,17,19). The smallest absolute Gasteiger partial charge is 0.257 e. The van der Waals surface area contributed by atoms with Crippen LogP contribution in [-0.4, -0.2) is 30.8 Å². The van der Waals surface area contributed by atoms with E-state index in [4.69, 9.17) is 9.84 Å². The number of benzene rings is 1. The van der Waals surface area contributed by atoms with Crippen molar-refractivity contribution in [1.82, 2.24) is 5.32 Å². The molecule has 0 fully saturated rings. The van der Waals surface area contributed by atoms with E-state index in [0.717, 1.165) is 12.8 Å². The number of aliphatic hydroxyl groups is 1. The number of carbonyl (C=O) groups is 1. The van der Waals surface area contributed by atoms with Crippen molar-refractivity contribution in [3.05, 3.63) is 28.5 Å². The van der Waals surface area contributed by atoms with Gasteiger partial charge in [0.25, 0.3) is 5.91 Å². The van der Waals surface area contributed by atoms with Gasteiger partial charge in [0.1, 0.15) is 11.6 Å². The number of rotatable bonds is 8. The van der Waals surface area contributed by atoms with Crippen LogP contribution < -0.4 is 10.1 Å². The van der Waals surface area contributed by atoms with E-state index in [1.807, 2.05) is 6.92 Å². The maximum absolute atomic E-state index is 12.9. The van der Waals surface area contributed by atoms with Crippen molar-refractivity contribution in [2.75, 3.05) is 19.8 Å². The summed E-state index contributed by atoms with van der Waals surface area (Å²) in [6.45, 7) is 2.56. The van der Waals surface area contributed by atoms with Crippen LogP contribution in [0.1, 0.15) is 19.8 Å². The highest BCUT2D eigenvalue weighted by atomic mass is 79.9. The van der Waals surface area contributed by atoms with E-state index in [1.54, 1.807) is 0 Å². The Morgan fingerprint density at radius 1 is 1.55 bits per heavy atom. The fourth-order valence-corrected chi connectivity index (χ4v) is 2.02. The molecular weight excluding hydrogens is 329 g/mol. The molecule has 6 heteroatoms. The number of hydrogen-bond donors (Lipinski definition) is 2. The van der Waals surface area contributed by atoms with Crippen LogP contribution >= 0.6 is 15.9 Å². The van der Waals surface area contributed by atoms with Crippen LogP contribution in [0.15, 0.2) is 22.7 Å². The van der Waals surface area contributed by atoms with Crippen molar-refractivity contribution >= 4 is 21.8 Å². The predicted molar refractivity (Wildman–Crippen MR) is 78.1 cm³/mol. The number of amides is 1. The maximum atomic E-state index is 12.9. The summed E-state index contributed by atoms with van der Waals surface area (Å²) in [5.41, 5.74) is 0. The minimum atomic E-state index is -0.369. The summed E-state index contributed by atoms with van der Waals surface area (Å²) in [6.07, 6.45) is 1.68. The molecule has 1 aromatic rings. The number of hydrogen-bond acceptors (Lipinski definition) is 3. The van der Waals surface area contributed by atoms with Crippen molar-refractivity contribution in [3.63, 3.8) is 0 Å². The number of halogens is 2.